The van der Waals surface area contributed by atoms with E-state index in [1.54, 1.807) is 12.1 Å². The minimum Gasteiger partial charge on any atom is -0.484 e. The standard InChI is InChI=1S/C17H17F2NO2/c1-12(13-2-4-14(18)5-3-13)10-20-17(21)11-22-16-8-6-15(19)7-9-16/h2-9,12H,10-11H2,1H3,(H,20,21). The summed E-state index contributed by atoms with van der Waals surface area (Å²) in [5.41, 5.74) is 0.946. The highest BCUT2D eigenvalue weighted by Gasteiger charge is 2.08. The number of ether oxygens (including phenoxy) is 1. The maximum absolute atomic E-state index is 12.8. The van der Waals surface area contributed by atoms with Crippen molar-refractivity contribution < 1.29 is 18.3 Å². The topological polar surface area (TPSA) is 38.3 Å². The zero-order chi connectivity index (χ0) is 15.9. The van der Waals surface area contributed by atoms with Crippen molar-refractivity contribution in [1.29, 1.82) is 0 Å². The number of benzene rings is 2. The van der Waals surface area contributed by atoms with Crippen molar-refractivity contribution in [2.75, 3.05) is 13.2 Å². The highest BCUT2D eigenvalue weighted by atomic mass is 19.1. The quantitative estimate of drug-likeness (QED) is 0.889. The molecule has 1 unspecified atom stereocenters. The van der Waals surface area contributed by atoms with Gasteiger partial charge in [0.1, 0.15) is 17.4 Å². The molecule has 0 aromatic heterocycles. The average Bonchev–Trinajstić information content (AvgIpc) is 2.52. The van der Waals surface area contributed by atoms with Gasteiger partial charge in [-0.05, 0) is 47.9 Å². The summed E-state index contributed by atoms with van der Waals surface area (Å²) in [6.45, 7) is 2.23. The molecule has 0 bridgehead atoms. The monoisotopic (exact) mass is 305 g/mol. The van der Waals surface area contributed by atoms with Crippen LogP contribution < -0.4 is 10.1 Å². The number of carbonyl (C=O) groups is 1. The van der Waals surface area contributed by atoms with E-state index in [0.29, 0.717) is 12.3 Å². The fraction of sp³-hybridized carbons (Fsp3) is 0.235. The van der Waals surface area contributed by atoms with Crippen LogP contribution in [0, 0.1) is 11.6 Å². The van der Waals surface area contributed by atoms with E-state index in [1.807, 2.05) is 6.92 Å². The summed E-state index contributed by atoms with van der Waals surface area (Å²) in [5, 5.41) is 2.75. The summed E-state index contributed by atoms with van der Waals surface area (Å²) in [4.78, 5) is 11.7. The second-order valence-corrected chi connectivity index (χ2v) is 5.00. The smallest absolute Gasteiger partial charge is 0.257 e. The molecule has 2 aromatic rings. The van der Waals surface area contributed by atoms with Crippen LogP contribution in [0.15, 0.2) is 48.5 Å². The third-order valence-corrected chi connectivity index (χ3v) is 3.23. The normalized spacial score (nSPS) is 11.8. The average molecular weight is 305 g/mol. The molecule has 0 spiro atoms. The van der Waals surface area contributed by atoms with Gasteiger partial charge in [-0.3, -0.25) is 4.79 Å². The van der Waals surface area contributed by atoms with Crippen LogP contribution in [0.5, 0.6) is 5.75 Å². The van der Waals surface area contributed by atoms with E-state index in [4.69, 9.17) is 4.74 Å². The van der Waals surface area contributed by atoms with Gasteiger partial charge in [-0.1, -0.05) is 19.1 Å². The first kappa shape index (κ1) is 15.9. The number of hydrogen-bond donors (Lipinski definition) is 1. The Balaban J connectivity index is 1.75. The van der Waals surface area contributed by atoms with E-state index in [0.717, 1.165) is 5.56 Å². The second kappa shape index (κ2) is 7.54. The first-order chi connectivity index (χ1) is 10.5. The van der Waals surface area contributed by atoms with E-state index < -0.39 is 0 Å². The molecule has 0 saturated heterocycles. The summed E-state index contributed by atoms with van der Waals surface area (Å²) in [5.74, 6) is -0.408. The van der Waals surface area contributed by atoms with E-state index in [2.05, 4.69) is 5.32 Å². The van der Waals surface area contributed by atoms with Crippen LogP contribution in [0.25, 0.3) is 0 Å². The van der Waals surface area contributed by atoms with Gasteiger partial charge in [0.25, 0.3) is 5.91 Å². The van der Waals surface area contributed by atoms with Gasteiger partial charge in [-0.25, -0.2) is 8.78 Å². The molecule has 0 radical (unpaired) electrons. The number of amides is 1. The molecule has 0 heterocycles. The molecule has 5 heteroatoms. The summed E-state index contributed by atoms with van der Waals surface area (Å²) < 4.78 is 30.8. The largest absolute Gasteiger partial charge is 0.484 e. The summed E-state index contributed by atoms with van der Waals surface area (Å²) in [6.07, 6.45) is 0. The molecular formula is C17H17F2NO2. The maximum atomic E-state index is 12.8. The molecule has 0 fully saturated rings. The van der Waals surface area contributed by atoms with Gasteiger partial charge in [0.15, 0.2) is 6.61 Å². The Bertz CT molecular complexity index is 612. The van der Waals surface area contributed by atoms with Gasteiger partial charge in [0, 0.05) is 6.54 Å². The Morgan fingerprint density at radius 2 is 1.59 bits per heavy atom. The van der Waals surface area contributed by atoms with Gasteiger partial charge >= 0.3 is 0 Å². The van der Waals surface area contributed by atoms with Gasteiger partial charge in [0.2, 0.25) is 0 Å². The summed E-state index contributed by atoms with van der Waals surface area (Å²) in [6, 6.07) is 11.6. The summed E-state index contributed by atoms with van der Waals surface area (Å²) in [7, 11) is 0. The van der Waals surface area contributed by atoms with Crippen LogP contribution in [0.4, 0.5) is 8.78 Å². The lowest BCUT2D eigenvalue weighted by molar-refractivity contribution is -0.123. The van der Waals surface area contributed by atoms with Crippen molar-refractivity contribution in [1.82, 2.24) is 5.32 Å². The molecule has 0 aliphatic carbocycles. The van der Waals surface area contributed by atoms with Gasteiger partial charge < -0.3 is 10.1 Å². The zero-order valence-corrected chi connectivity index (χ0v) is 12.2. The molecule has 116 valence electrons. The molecule has 1 N–H and O–H groups in total. The Morgan fingerprint density at radius 1 is 1.05 bits per heavy atom. The molecule has 0 saturated carbocycles. The third-order valence-electron chi connectivity index (χ3n) is 3.23. The fourth-order valence-corrected chi connectivity index (χ4v) is 1.91. The molecule has 1 amide bonds. The van der Waals surface area contributed by atoms with Crippen molar-refractivity contribution in [3.05, 3.63) is 65.7 Å². The highest BCUT2D eigenvalue weighted by Crippen LogP contribution is 2.14. The van der Waals surface area contributed by atoms with Gasteiger partial charge in [-0.15, -0.1) is 0 Å². The molecule has 0 aliphatic heterocycles. The first-order valence-electron chi connectivity index (χ1n) is 6.95. The van der Waals surface area contributed by atoms with Crippen LogP contribution in [0.1, 0.15) is 18.4 Å². The highest BCUT2D eigenvalue weighted by molar-refractivity contribution is 5.77. The third kappa shape index (κ3) is 4.84. The molecule has 22 heavy (non-hydrogen) atoms. The van der Waals surface area contributed by atoms with Crippen molar-refractivity contribution in [2.24, 2.45) is 0 Å². The SMILES string of the molecule is CC(CNC(=O)COc1ccc(F)cc1)c1ccc(F)cc1. The maximum Gasteiger partial charge on any atom is 0.257 e. The van der Waals surface area contributed by atoms with E-state index in [9.17, 15) is 13.6 Å². The van der Waals surface area contributed by atoms with E-state index in [1.165, 1.54) is 36.4 Å². The molecular weight excluding hydrogens is 288 g/mol. The predicted octanol–water partition coefficient (Wildman–Crippen LogP) is 3.26. The number of hydrogen-bond acceptors (Lipinski definition) is 2. The van der Waals surface area contributed by atoms with E-state index >= 15 is 0 Å². The lowest BCUT2D eigenvalue weighted by Gasteiger charge is -2.13. The molecule has 2 aromatic carbocycles. The zero-order valence-electron chi connectivity index (χ0n) is 12.2. The van der Waals surface area contributed by atoms with Crippen LogP contribution in [-0.2, 0) is 4.79 Å². The Kier molecular flexibility index (Phi) is 5.47. The van der Waals surface area contributed by atoms with Crippen molar-refractivity contribution in [3.8, 4) is 5.75 Å². The van der Waals surface area contributed by atoms with Gasteiger partial charge in [-0.2, -0.15) is 0 Å². The van der Waals surface area contributed by atoms with Crippen LogP contribution >= 0.6 is 0 Å². The number of carbonyl (C=O) groups excluding carboxylic acids is 1. The lowest BCUT2D eigenvalue weighted by Crippen LogP contribution is -2.31. The van der Waals surface area contributed by atoms with E-state index in [-0.39, 0.29) is 30.1 Å². The van der Waals surface area contributed by atoms with Crippen molar-refractivity contribution >= 4 is 5.91 Å². The first-order valence-corrected chi connectivity index (χ1v) is 6.95. The number of nitrogens with one attached hydrogen (secondary N) is 1. The Hall–Kier alpha value is -2.43. The lowest BCUT2D eigenvalue weighted by atomic mass is 10.0. The summed E-state index contributed by atoms with van der Waals surface area (Å²) >= 11 is 0. The molecule has 1 atom stereocenters. The number of halogens is 2. The molecule has 2 rings (SSSR count). The fourth-order valence-electron chi connectivity index (χ4n) is 1.91. The van der Waals surface area contributed by atoms with Crippen LogP contribution in [0.2, 0.25) is 0 Å². The van der Waals surface area contributed by atoms with Gasteiger partial charge in [0.05, 0.1) is 0 Å². The molecule has 3 nitrogen and oxygen atoms in total. The van der Waals surface area contributed by atoms with Crippen LogP contribution in [0.3, 0.4) is 0 Å². The number of rotatable bonds is 6. The van der Waals surface area contributed by atoms with Crippen LogP contribution in [-0.4, -0.2) is 19.1 Å². The second-order valence-electron chi connectivity index (χ2n) is 5.00. The Morgan fingerprint density at radius 3 is 2.18 bits per heavy atom. The van der Waals surface area contributed by atoms with Crippen molar-refractivity contribution in [3.63, 3.8) is 0 Å². The predicted molar refractivity (Wildman–Crippen MR) is 79.7 cm³/mol. The molecule has 0 aliphatic rings. The minimum absolute atomic E-state index is 0.0652. The Labute approximate surface area is 127 Å². The van der Waals surface area contributed by atoms with Crippen molar-refractivity contribution in [2.45, 2.75) is 12.8 Å². The minimum atomic E-state index is -0.357.